The molecule has 15 heavy (non-hydrogen) atoms. The van der Waals surface area contributed by atoms with Crippen LogP contribution in [0.2, 0.25) is 0 Å². The van der Waals surface area contributed by atoms with E-state index >= 15 is 0 Å². The average Bonchev–Trinajstić information content (AvgIpc) is 2.15. The van der Waals surface area contributed by atoms with Crippen LogP contribution in [-0.2, 0) is 6.18 Å². The van der Waals surface area contributed by atoms with Crippen molar-refractivity contribution in [1.29, 1.82) is 0 Å². The van der Waals surface area contributed by atoms with Crippen LogP contribution in [-0.4, -0.2) is 0 Å². The van der Waals surface area contributed by atoms with Crippen LogP contribution in [0.5, 0.6) is 0 Å². The molecule has 3 heteroatoms. The van der Waals surface area contributed by atoms with Gasteiger partial charge in [-0.2, -0.15) is 13.2 Å². The molecule has 2 atom stereocenters. The molecule has 82 valence electrons. The first kappa shape index (κ1) is 10.5. The summed E-state index contributed by atoms with van der Waals surface area (Å²) in [4.78, 5) is 0. The SMILES string of the molecule is CC1CCC1c1ccc(C(F)(F)F)cc1. The van der Waals surface area contributed by atoms with Crippen LogP contribution in [0.4, 0.5) is 13.2 Å². The lowest BCUT2D eigenvalue weighted by atomic mass is 9.71. The molecule has 1 aliphatic carbocycles. The van der Waals surface area contributed by atoms with Crippen molar-refractivity contribution in [3.8, 4) is 0 Å². The second-order valence-electron chi connectivity index (χ2n) is 4.28. The fourth-order valence-corrected chi connectivity index (χ4v) is 2.08. The van der Waals surface area contributed by atoms with Crippen molar-refractivity contribution in [2.45, 2.75) is 31.9 Å². The summed E-state index contributed by atoms with van der Waals surface area (Å²) in [5.41, 5.74) is 0.486. The van der Waals surface area contributed by atoms with Gasteiger partial charge < -0.3 is 0 Å². The summed E-state index contributed by atoms with van der Waals surface area (Å²) in [5, 5.41) is 0. The smallest absolute Gasteiger partial charge is 0.166 e. The largest absolute Gasteiger partial charge is 0.416 e. The number of benzene rings is 1. The lowest BCUT2D eigenvalue weighted by molar-refractivity contribution is -0.137. The number of hydrogen-bond donors (Lipinski definition) is 0. The topological polar surface area (TPSA) is 0 Å². The predicted octanol–water partition coefficient (Wildman–Crippen LogP) is 4.22. The van der Waals surface area contributed by atoms with Crippen molar-refractivity contribution >= 4 is 0 Å². The molecule has 1 saturated carbocycles. The molecule has 0 N–H and O–H groups in total. The van der Waals surface area contributed by atoms with Gasteiger partial charge >= 0.3 is 6.18 Å². The molecular formula is C12H13F3. The molecule has 0 bridgehead atoms. The number of hydrogen-bond acceptors (Lipinski definition) is 0. The summed E-state index contributed by atoms with van der Waals surface area (Å²) in [6, 6.07) is 5.59. The molecule has 2 rings (SSSR count). The summed E-state index contributed by atoms with van der Waals surface area (Å²) in [6.45, 7) is 2.14. The normalized spacial score (nSPS) is 26.1. The molecule has 1 aromatic carbocycles. The van der Waals surface area contributed by atoms with Gasteiger partial charge in [-0.15, -0.1) is 0 Å². The van der Waals surface area contributed by atoms with E-state index in [1.165, 1.54) is 18.6 Å². The summed E-state index contributed by atoms with van der Waals surface area (Å²) in [7, 11) is 0. The first-order chi connectivity index (χ1) is 6.98. The molecule has 0 amide bonds. The van der Waals surface area contributed by atoms with Gasteiger partial charge in [0.15, 0.2) is 0 Å². The molecule has 0 aromatic heterocycles. The van der Waals surface area contributed by atoms with Crippen LogP contribution in [0.25, 0.3) is 0 Å². The van der Waals surface area contributed by atoms with E-state index in [0.29, 0.717) is 11.8 Å². The molecule has 0 nitrogen and oxygen atoms in total. The van der Waals surface area contributed by atoms with E-state index in [1.807, 2.05) is 0 Å². The molecule has 0 aliphatic heterocycles. The maximum absolute atomic E-state index is 12.3. The summed E-state index contributed by atoms with van der Waals surface area (Å²) >= 11 is 0. The maximum Gasteiger partial charge on any atom is 0.416 e. The minimum Gasteiger partial charge on any atom is -0.166 e. The highest BCUT2D eigenvalue weighted by molar-refractivity contribution is 5.28. The van der Waals surface area contributed by atoms with E-state index in [2.05, 4.69) is 6.92 Å². The molecular weight excluding hydrogens is 201 g/mol. The Morgan fingerprint density at radius 2 is 1.67 bits per heavy atom. The maximum atomic E-state index is 12.3. The van der Waals surface area contributed by atoms with Gasteiger partial charge in [0.1, 0.15) is 0 Å². The molecule has 1 aliphatic rings. The zero-order valence-corrected chi connectivity index (χ0v) is 8.51. The minimum atomic E-state index is -4.22. The van der Waals surface area contributed by atoms with Crippen LogP contribution in [0.1, 0.15) is 36.8 Å². The Hall–Kier alpha value is -0.990. The summed E-state index contributed by atoms with van der Waals surface area (Å²) in [6.07, 6.45) is -1.93. The fraction of sp³-hybridized carbons (Fsp3) is 0.500. The van der Waals surface area contributed by atoms with Crippen LogP contribution >= 0.6 is 0 Å². The predicted molar refractivity (Wildman–Crippen MR) is 52.6 cm³/mol. The van der Waals surface area contributed by atoms with Gasteiger partial charge in [0.2, 0.25) is 0 Å². The second-order valence-corrected chi connectivity index (χ2v) is 4.28. The van der Waals surface area contributed by atoms with E-state index in [1.54, 1.807) is 12.1 Å². The van der Waals surface area contributed by atoms with Crippen molar-refractivity contribution in [3.63, 3.8) is 0 Å². The fourth-order valence-electron chi connectivity index (χ4n) is 2.08. The van der Waals surface area contributed by atoms with Crippen molar-refractivity contribution in [3.05, 3.63) is 35.4 Å². The molecule has 1 fully saturated rings. The van der Waals surface area contributed by atoms with Gasteiger partial charge in [0.25, 0.3) is 0 Å². The van der Waals surface area contributed by atoms with Crippen LogP contribution in [0.3, 0.4) is 0 Å². The molecule has 2 unspecified atom stereocenters. The third-order valence-electron chi connectivity index (χ3n) is 3.29. The van der Waals surface area contributed by atoms with E-state index in [9.17, 15) is 13.2 Å². The van der Waals surface area contributed by atoms with Gasteiger partial charge in [0.05, 0.1) is 5.56 Å². The lowest BCUT2D eigenvalue weighted by Crippen LogP contribution is -2.20. The molecule has 0 saturated heterocycles. The van der Waals surface area contributed by atoms with Gasteiger partial charge in [-0.25, -0.2) is 0 Å². The average molecular weight is 214 g/mol. The number of halogens is 3. The highest BCUT2D eigenvalue weighted by Crippen LogP contribution is 2.42. The number of rotatable bonds is 1. The highest BCUT2D eigenvalue weighted by atomic mass is 19.4. The standard InChI is InChI=1S/C12H13F3/c1-8-2-7-11(8)9-3-5-10(6-4-9)12(13,14)15/h3-6,8,11H,2,7H2,1H3. The van der Waals surface area contributed by atoms with E-state index in [-0.39, 0.29) is 0 Å². The third kappa shape index (κ3) is 2.01. The number of alkyl halides is 3. The zero-order valence-electron chi connectivity index (χ0n) is 8.51. The molecule has 0 spiro atoms. The van der Waals surface area contributed by atoms with E-state index < -0.39 is 11.7 Å². The van der Waals surface area contributed by atoms with Gasteiger partial charge in [0, 0.05) is 0 Å². The molecule has 0 heterocycles. The Bertz CT molecular complexity index is 337. The minimum absolute atomic E-state index is 0.465. The third-order valence-corrected chi connectivity index (χ3v) is 3.29. The second kappa shape index (κ2) is 3.54. The van der Waals surface area contributed by atoms with Gasteiger partial charge in [-0.05, 0) is 42.4 Å². The first-order valence-electron chi connectivity index (χ1n) is 5.15. The lowest BCUT2D eigenvalue weighted by Gasteiger charge is -2.34. The monoisotopic (exact) mass is 214 g/mol. The van der Waals surface area contributed by atoms with Crippen LogP contribution < -0.4 is 0 Å². The molecule has 1 aromatic rings. The Balaban J connectivity index is 2.17. The zero-order chi connectivity index (χ0) is 11.1. The highest BCUT2D eigenvalue weighted by Gasteiger charge is 2.32. The quantitative estimate of drug-likeness (QED) is 0.656. The Kier molecular flexibility index (Phi) is 2.49. The van der Waals surface area contributed by atoms with Crippen LogP contribution in [0.15, 0.2) is 24.3 Å². The van der Waals surface area contributed by atoms with Crippen molar-refractivity contribution in [2.75, 3.05) is 0 Å². The van der Waals surface area contributed by atoms with Crippen molar-refractivity contribution < 1.29 is 13.2 Å². The summed E-state index contributed by atoms with van der Waals surface area (Å²) < 4.78 is 36.9. The van der Waals surface area contributed by atoms with E-state index in [0.717, 1.165) is 12.0 Å². The Morgan fingerprint density at radius 1 is 1.07 bits per heavy atom. The van der Waals surface area contributed by atoms with Crippen molar-refractivity contribution in [1.82, 2.24) is 0 Å². The molecule has 0 radical (unpaired) electrons. The van der Waals surface area contributed by atoms with Crippen molar-refractivity contribution in [2.24, 2.45) is 5.92 Å². The Morgan fingerprint density at radius 3 is 2.00 bits per heavy atom. The summed E-state index contributed by atoms with van der Waals surface area (Å²) in [5.74, 6) is 1.08. The van der Waals surface area contributed by atoms with Gasteiger partial charge in [-0.3, -0.25) is 0 Å². The first-order valence-corrected chi connectivity index (χ1v) is 5.15. The van der Waals surface area contributed by atoms with Crippen LogP contribution in [0, 0.1) is 5.92 Å². The van der Waals surface area contributed by atoms with Gasteiger partial charge in [-0.1, -0.05) is 19.1 Å². The van der Waals surface area contributed by atoms with E-state index in [4.69, 9.17) is 0 Å². The Labute approximate surface area is 87.1 Å².